The molecule has 1 heterocycles. The van der Waals surface area contributed by atoms with E-state index in [1.54, 1.807) is 7.11 Å². The molecule has 3 aromatic carbocycles. The average molecular weight is 529 g/mol. The van der Waals surface area contributed by atoms with Crippen LogP contribution in [0.3, 0.4) is 0 Å². The van der Waals surface area contributed by atoms with Gasteiger partial charge < -0.3 is 19.5 Å². The third kappa shape index (κ3) is 6.88. The summed E-state index contributed by atoms with van der Waals surface area (Å²) in [6.45, 7) is 10.5. The fourth-order valence-corrected chi connectivity index (χ4v) is 6.13. The summed E-state index contributed by atoms with van der Waals surface area (Å²) in [6.07, 6.45) is 5.67. The van der Waals surface area contributed by atoms with E-state index >= 15 is 0 Å². The molecule has 1 atom stereocenters. The molecule has 39 heavy (non-hydrogen) atoms. The van der Waals surface area contributed by atoms with Crippen LogP contribution in [-0.2, 0) is 19.4 Å². The molecule has 1 aliphatic heterocycles. The van der Waals surface area contributed by atoms with Gasteiger partial charge in [0.1, 0.15) is 23.9 Å². The number of phenols is 1. The van der Waals surface area contributed by atoms with E-state index in [-0.39, 0.29) is 0 Å². The molecule has 0 amide bonds. The highest BCUT2D eigenvalue weighted by atomic mass is 16.5. The van der Waals surface area contributed by atoms with Crippen LogP contribution in [0.5, 0.6) is 17.2 Å². The Kier molecular flexibility index (Phi) is 8.98. The molecule has 0 unspecified atom stereocenters. The minimum atomic E-state index is 0.363. The lowest BCUT2D eigenvalue weighted by atomic mass is 9.79. The third-order valence-electron chi connectivity index (χ3n) is 8.67. The van der Waals surface area contributed by atoms with Crippen molar-refractivity contribution in [1.82, 2.24) is 4.90 Å². The molecule has 5 nitrogen and oxygen atoms in total. The average Bonchev–Trinajstić information content (AvgIpc) is 2.97. The van der Waals surface area contributed by atoms with E-state index in [0.717, 1.165) is 62.9 Å². The number of aryl methyl sites for hydroxylation is 1. The Morgan fingerprint density at radius 2 is 1.69 bits per heavy atom. The third-order valence-corrected chi connectivity index (χ3v) is 8.67. The standard InChI is InChI=1S/C34H44N2O3/c1-4-36(24-26-5-11-31(12-6-26)39-20-19-35-17-15-25(2)16-18-35)34-23-32(38-3)13-14-33(34)29-8-7-28-22-30(37)10-9-27(28)21-29/h5-6,9-14,22-23,25,29,37H,4,7-8,15-21,24H2,1-3H3/t29-/m1/s1. The molecule has 0 spiro atoms. The molecule has 208 valence electrons. The zero-order valence-corrected chi connectivity index (χ0v) is 23.9. The maximum atomic E-state index is 9.91. The Labute approximate surface area is 234 Å². The maximum Gasteiger partial charge on any atom is 0.120 e. The number of anilines is 1. The summed E-state index contributed by atoms with van der Waals surface area (Å²) in [5.74, 6) is 3.50. The first kappa shape index (κ1) is 27.4. The minimum Gasteiger partial charge on any atom is -0.508 e. The summed E-state index contributed by atoms with van der Waals surface area (Å²) in [5.41, 5.74) is 6.52. The normalized spacial score (nSPS) is 18.0. The smallest absolute Gasteiger partial charge is 0.120 e. The summed E-state index contributed by atoms with van der Waals surface area (Å²) in [5, 5.41) is 9.91. The largest absolute Gasteiger partial charge is 0.508 e. The summed E-state index contributed by atoms with van der Waals surface area (Å²) >= 11 is 0. The molecule has 1 N–H and O–H groups in total. The molecule has 0 saturated carbocycles. The van der Waals surface area contributed by atoms with Gasteiger partial charge in [-0.05, 0) is 117 Å². The molecule has 1 fully saturated rings. The summed E-state index contributed by atoms with van der Waals surface area (Å²) in [7, 11) is 1.74. The Hall–Kier alpha value is -3.18. The Morgan fingerprint density at radius 1 is 0.923 bits per heavy atom. The Morgan fingerprint density at radius 3 is 2.44 bits per heavy atom. The van der Waals surface area contributed by atoms with Crippen molar-refractivity contribution in [1.29, 1.82) is 0 Å². The van der Waals surface area contributed by atoms with Crippen molar-refractivity contribution in [2.75, 3.05) is 44.8 Å². The number of hydrogen-bond acceptors (Lipinski definition) is 5. The number of hydrogen-bond donors (Lipinski definition) is 1. The second-order valence-electron chi connectivity index (χ2n) is 11.3. The van der Waals surface area contributed by atoms with Gasteiger partial charge >= 0.3 is 0 Å². The van der Waals surface area contributed by atoms with Crippen LogP contribution in [0.1, 0.15) is 61.3 Å². The van der Waals surface area contributed by atoms with Gasteiger partial charge in [0.15, 0.2) is 0 Å². The molecular formula is C34H44N2O3. The first-order valence-corrected chi connectivity index (χ1v) is 14.7. The van der Waals surface area contributed by atoms with Crippen LogP contribution in [0.4, 0.5) is 5.69 Å². The summed E-state index contributed by atoms with van der Waals surface area (Å²) < 4.78 is 11.7. The number of nitrogens with zero attached hydrogens (tertiary/aromatic N) is 2. The zero-order valence-electron chi connectivity index (χ0n) is 23.9. The van der Waals surface area contributed by atoms with Crippen molar-refractivity contribution < 1.29 is 14.6 Å². The van der Waals surface area contributed by atoms with Crippen molar-refractivity contribution in [3.8, 4) is 17.2 Å². The predicted molar refractivity (Wildman–Crippen MR) is 159 cm³/mol. The van der Waals surface area contributed by atoms with Gasteiger partial charge in [-0.25, -0.2) is 0 Å². The van der Waals surface area contributed by atoms with Crippen LogP contribution in [0, 0.1) is 5.92 Å². The van der Waals surface area contributed by atoms with Crippen molar-refractivity contribution >= 4 is 5.69 Å². The fourth-order valence-electron chi connectivity index (χ4n) is 6.13. The number of phenolic OH excluding ortho intramolecular Hbond substituents is 1. The number of ether oxygens (including phenoxy) is 2. The molecule has 2 aliphatic rings. The van der Waals surface area contributed by atoms with Gasteiger partial charge in [-0.15, -0.1) is 0 Å². The van der Waals surface area contributed by atoms with E-state index in [4.69, 9.17) is 9.47 Å². The van der Waals surface area contributed by atoms with Gasteiger partial charge in [-0.3, -0.25) is 4.90 Å². The fraction of sp³-hybridized carbons (Fsp3) is 0.471. The maximum absolute atomic E-state index is 9.91. The van der Waals surface area contributed by atoms with Crippen LogP contribution in [-0.4, -0.2) is 49.9 Å². The van der Waals surface area contributed by atoms with Gasteiger partial charge in [0.25, 0.3) is 0 Å². The highest BCUT2D eigenvalue weighted by Crippen LogP contribution is 2.40. The predicted octanol–water partition coefficient (Wildman–Crippen LogP) is 6.81. The van der Waals surface area contributed by atoms with Crippen molar-refractivity contribution in [3.05, 3.63) is 82.9 Å². The number of methoxy groups -OCH3 is 1. The van der Waals surface area contributed by atoms with Crippen LogP contribution in [0.25, 0.3) is 0 Å². The highest BCUT2D eigenvalue weighted by Gasteiger charge is 2.25. The van der Waals surface area contributed by atoms with E-state index in [2.05, 4.69) is 72.2 Å². The first-order chi connectivity index (χ1) is 19.0. The van der Waals surface area contributed by atoms with Crippen molar-refractivity contribution in [2.45, 2.75) is 58.4 Å². The van der Waals surface area contributed by atoms with Crippen LogP contribution in [0.15, 0.2) is 60.7 Å². The molecule has 5 rings (SSSR count). The van der Waals surface area contributed by atoms with Gasteiger partial charge in [0.05, 0.1) is 7.11 Å². The minimum absolute atomic E-state index is 0.363. The SMILES string of the molecule is CCN(Cc1ccc(OCCN2CCC(C)CC2)cc1)c1cc(OC)ccc1[C@@H]1CCc2cc(O)ccc2C1. The van der Waals surface area contributed by atoms with Crippen LogP contribution < -0.4 is 14.4 Å². The van der Waals surface area contributed by atoms with Gasteiger partial charge in [0.2, 0.25) is 0 Å². The zero-order chi connectivity index (χ0) is 27.2. The van der Waals surface area contributed by atoms with Crippen LogP contribution >= 0.6 is 0 Å². The lowest BCUT2D eigenvalue weighted by molar-refractivity contribution is 0.160. The van der Waals surface area contributed by atoms with Crippen molar-refractivity contribution in [2.24, 2.45) is 5.92 Å². The molecule has 3 aromatic rings. The van der Waals surface area contributed by atoms with Crippen LogP contribution in [0.2, 0.25) is 0 Å². The number of aromatic hydroxyl groups is 1. The Balaban J connectivity index is 1.25. The number of rotatable bonds is 10. The van der Waals surface area contributed by atoms with Gasteiger partial charge in [-0.1, -0.05) is 31.2 Å². The molecule has 1 aliphatic carbocycles. The van der Waals surface area contributed by atoms with Gasteiger partial charge in [-0.2, -0.15) is 0 Å². The highest BCUT2D eigenvalue weighted by molar-refractivity contribution is 5.60. The number of benzene rings is 3. The lowest BCUT2D eigenvalue weighted by Crippen LogP contribution is -2.35. The number of fused-ring (bicyclic) bond motifs is 1. The second-order valence-corrected chi connectivity index (χ2v) is 11.3. The second kappa shape index (κ2) is 12.8. The molecule has 0 bridgehead atoms. The summed E-state index contributed by atoms with van der Waals surface area (Å²) in [6, 6.07) is 21.0. The van der Waals surface area contributed by atoms with Gasteiger partial charge in [0, 0.05) is 31.4 Å². The molecule has 1 saturated heterocycles. The topological polar surface area (TPSA) is 45.2 Å². The number of likely N-dealkylation sites (tertiary alicyclic amines) is 1. The molecule has 0 radical (unpaired) electrons. The summed E-state index contributed by atoms with van der Waals surface area (Å²) in [4.78, 5) is 4.98. The van der Waals surface area contributed by atoms with Crippen molar-refractivity contribution in [3.63, 3.8) is 0 Å². The van der Waals surface area contributed by atoms with E-state index in [1.165, 1.54) is 53.9 Å². The monoisotopic (exact) mass is 528 g/mol. The van der Waals surface area contributed by atoms with E-state index < -0.39 is 0 Å². The lowest BCUT2D eigenvalue weighted by Gasteiger charge is -2.32. The van der Waals surface area contributed by atoms with E-state index in [1.807, 2.05) is 12.1 Å². The van der Waals surface area contributed by atoms with E-state index in [0.29, 0.717) is 11.7 Å². The molecule has 0 aromatic heterocycles. The molecular weight excluding hydrogens is 484 g/mol. The molecule has 5 heteroatoms. The number of piperidine rings is 1. The quantitative estimate of drug-likeness (QED) is 0.313. The van der Waals surface area contributed by atoms with E-state index in [9.17, 15) is 5.11 Å². The Bertz CT molecular complexity index is 1220. The first-order valence-electron chi connectivity index (χ1n) is 14.7.